The summed E-state index contributed by atoms with van der Waals surface area (Å²) in [6.07, 6.45) is 0.809. The van der Waals surface area contributed by atoms with Crippen molar-refractivity contribution in [3.63, 3.8) is 0 Å². The predicted molar refractivity (Wildman–Crippen MR) is 76.2 cm³/mol. The molecule has 108 valence electrons. The first-order valence-corrected chi connectivity index (χ1v) is 6.72. The maximum atomic E-state index is 13.2. The van der Waals surface area contributed by atoms with Crippen LogP contribution in [0.4, 0.5) is 14.5 Å². The van der Waals surface area contributed by atoms with Crippen LogP contribution >= 0.6 is 0 Å². The molecule has 1 heterocycles. The molecule has 1 amide bonds. The van der Waals surface area contributed by atoms with Gasteiger partial charge in [0.1, 0.15) is 11.6 Å². The van der Waals surface area contributed by atoms with Crippen molar-refractivity contribution < 1.29 is 13.6 Å². The number of fused-ring (bicyclic) bond motifs is 1. The summed E-state index contributed by atoms with van der Waals surface area (Å²) in [5, 5.41) is 6.00. The van der Waals surface area contributed by atoms with Gasteiger partial charge < -0.3 is 10.6 Å². The summed E-state index contributed by atoms with van der Waals surface area (Å²) < 4.78 is 26.3. The van der Waals surface area contributed by atoms with E-state index in [1.54, 1.807) is 6.07 Å². The fraction of sp³-hybridized carbons (Fsp3) is 0.188. The lowest BCUT2D eigenvalue weighted by molar-refractivity contribution is 0.102. The molecule has 5 heteroatoms. The molecule has 3 rings (SSSR count). The van der Waals surface area contributed by atoms with Crippen LogP contribution < -0.4 is 10.6 Å². The summed E-state index contributed by atoms with van der Waals surface area (Å²) in [6.45, 7) is 1.60. The van der Waals surface area contributed by atoms with Crippen LogP contribution in [0.2, 0.25) is 0 Å². The molecule has 0 atom stereocenters. The third-order valence-corrected chi connectivity index (χ3v) is 3.51. The molecule has 1 aliphatic rings. The van der Waals surface area contributed by atoms with E-state index < -0.39 is 17.5 Å². The predicted octanol–water partition coefficient (Wildman–Crippen LogP) is 2.86. The molecule has 0 aromatic heterocycles. The molecule has 0 fully saturated rings. The molecule has 0 radical (unpaired) electrons. The minimum absolute atomic E-state index is 0.0287. The van der Waals surface area contributed by atoms with Gasteiger partial charge in [0, 0.05) is 23.9 Å². The highest BCUT2D eigenvalue weighted by Gasteiger charge is 2.15. The van der Waals surface area contributed by atoms with Gasteiger partial charge in [-0.3, -0.25) is 4.79 Å². The van der Waals surface area contributed by atoms with Crippen molar-refractivity contribution in [1.29, 1.82) is 0 Å². The zero-order valence-electron chi connectivity index (χ0n) is 11.2. The lowest BCUT2D eigenvalue weighted by atomic mass is 9.99. The van der Waals surface area contributed by atoms with Gasteiger partial charge in [-0.2, -0.15) is 0 Å². The molecular formula is C16H14F2N2O. The van der Waals surface area contributed by atoms with Crippen molar-refractivity contribution in [3.8, 4) is 0 Å². The SMILES string of the molecule is O=C(Nc1cccc2c1CCNC2)c1cc(F)cc(F)c1. The Bertz CT molecular complexity index is 680. The lowest BCUT2D eigenvalue weighted by Gasteiger charge is -2.20. The number of anilines is 1. The summed E-state index contributed by atoms with van der Waals surface area (Å²) in [4.78, 5) is 12.1. The van der Waals surface area contributed by atoms with E-state index in [0.717, 1.165) is 48.8 Å². The van der Waals surface area contributed by atoms with E-state index in [1.165, 1.54) is 0 Å². The summed E-state index contributed by atoms with van der Waals surface area (Å²) in [6, 6.07) is 8.45. The molecule has 2 aromatic carbocycles. The van der Waals surface area contributed by atoms with E-state index >= 15 is 0 Å². The molecule has 2 N–H and O–H groups in total. The van der Waals surface area contributed by atoms with Gasteiger partial charge in [-0.15, -0.1) is 0 Å². The molecule has 0 saturated heterocycles. The number of halogens is 2. The van der Waals surface area contributed by atoms with Crippen molar-refractivity contribution in [3.05, 3.63) is 64.7 Å². The largest absolute Gasteiger partial charge is 0.322 e. The van der Waals surface area contributed by atoms with E-state index in [9.17, 15) is 13.6 Å². The Hall–Kier alpha value is -2.27. The van der Waals surface area contributed by atoms with Crippen LogP contribution in [-0.4, -0.2) is 12.5 Å². The fourth-order valence-corrected chi connectivity index (χ4v) is 2.53. The van der Waals surface area contributed by atoms with E-state index in [1.807, 2.05) is 12.1 Å². The maximum absolute atomic E-state index is 13.2. The van der Waals surface area contributed by atoms with E-state index in [0.29, 0.717) is 5.69 Å². The van der Waals surface area contributed by atoms with Gasteiger partial charge in [-0.25, -0.2) is 8.78 Å². The Balaban J connectivity index is 1.88. The number of rotatable bonds is 2. The summed E-state index contributed by atoms with van der Waals surface area (Å²) in [5.41, 5.74) is 2.87. The number of carbonyl (C=O) groups is 1. The van der Waals surface area contributed by atoms with Crippen LogP contribution in [-0.2, 0) is 13.0 Å². The second-order valence-corrected chi connectivity index (χ2v) is 4.98. The molecule has 0 unspecified atom stereocenters. The van der Waals surface area contributed by atoms with Crippen LogP contribution in [0.25, 0.3) is 0 Å². The van der Waals surface area contributed by atoms with Crippen LogP contribution in [0.1, 0.15) is 21.5 Å². The average molecular weight is 288 g/mol. The van der Waals surface area contributed by atoms with Crippen LogP contribution in [0, 0.1) is 11.6 Å². The summed E-state index contributed by atoms with van der Waals surface area (Å²) in [7, 11) is 0. The number of carbonyl (C=O) groups excluding carboxylic acids is 1. The fourth-order valence-electron chi connectivity index (χ4n) is 2.53. The van der Waals surface area contributed by atoms with Gasteiger partial charge in [-0.05, 0) is 42.3 Å². The van der Waals surface area contributed by atoms with Crippen molar-refractivity contribution in [2.24, 2.45) is 0 Å². The average Bonchev–Trinajstić information content (AvgIpc) is 2.46. The van der Waals surface area contributed by atoms with Crippen LogP contribution in [0.3, 0.4) is 0 Å². The minimum atomic E-state index is -0.764. The Morgan fingerprint density at radius 1 is 1.14 bits per heavy atom. The molecule has 3 nitrogen and oxygen atoms in total. The van der Waals surface area contributed by atoms with Gasteiger partial charge >= 0.3 is 0 Å². The Morgan fingerprint density at radius 3 is 2.67 bits per heavy atom. The zero-order chi connectivity index (χ0) is 14.8. The van der Waals surface area contributed by atoms with Crippen molar-refractivity contribution in [2.75, 3.05) is 11.9 Å². The second-order valence-electron chi connectivity index (χ2n) is 4.98. The highest BCUT2D eigenvalue weighted by Crippen LogP contribution is 2.23. The molecule has 0 bridgehead atoms. The number of nitrogens with one attached hydrogen (secondary N) is 2. The quantitative estimate of drug-likeness (QED) is 0.892. The molecule has 2 aromatic rings. The van der Waals surface area contributed by atoms with Gasteiger partial charge in [0.05, 0.1) is 0 Å². The third-order valence-electron chi connectivity index (χ3n) is 3.51. The van der Waals surface area contributed by atoms with Gasteiger partial charge in [0.15, 0.2) is 0 Å². The van der Waals surface area contributed by atoms with Crippen molar-refractivity contribution in [2.45, 2.75) is 13.0 Å². The first-order valence-electron chi connectivity index (χ1n) is 6.72. The van der Waals surface area contributed by atoms with Crippen LogP contribution in [0.15, 0.2) is 36.4 Å². The molecular weight excluding hydrogens is 274 g/mol. The van der Waals surface area contributed by atoms with E-state index in [-0.39, 0.29) is 5.56 Å². The van der Waals surface area contributed by atoms with Crippen molar-refractivity contribution in [1.82, 2.24) is 5.32 Å². The standard InChI is InChI=1S/C16H14F2N2O/c17-12-6-11(7-13(18)8-12)16(21)20-15-3-1-2-10-9-19-5-4-14(10)15/h1-3,6-8,19H,4-5,9H2,(H,20,21). The zero-order valence-corrected chi connectivity index (χ0v) is 11.2. The van der Waals surface area contributed by atoms with Gasteiger partial charge in [-0.1, -0.05) is 12.1 Å². The van der Waals surface area contributed by atoms with E-state index in [2.05, 4.69) is 10.6 Å². The minimum Gasteiger partial charge on any atom is -0.322 e. The van der Waals surface area contributed by atoms with Crippen molar-refractivity contribution >= 4 is 11.6 Å². The Morgan fingerprint density at radius 2 is 1.90 bits per heavy atom. The molecule has 21 heavy (non-hydrogen) atoms. The number of hydrogen-bond donors (Lipinski definition) is 2. The summed E-state index contributed by atoms with van der Waals surface area (Å²) in [5.74, 6) is -2.04. The molecule has 0 saturated carbocycles. The second kappa shape index (κ2) is 5.61. The smallest absolute Gasteiger partial charge is 0.255 e. The maximum Gasteiger partial charge on any atom is 0.255 e. The first kappa shape index (κ1) is 13.7. The monoisotopic (exact) mass is 288 g/mol. The topological polar surface area (TPSA) is 41.1 Å². The highest BCUT2D eigenvalue weighted by atomic mass is 19.1. The van der Waals surface area contributed by atoms with Gasteiger partial charge in [0.25, 0.3) is 5.91 Å². The molecule has 0 aliphatic carbocycles. The summed E-state index contributed by atoms with van der Waals surface area (Å²) >= 11 is 0. The van der Waals surface area contributed by atoms with E-state index in [4.69, 9.17) is 0 Å². The first-order chi connectivity index (χ1) is 10.1. The number of hydrogen-bond acceptors (Lipinski definition) is 2. The highest BCUT2D eigenvalue weighted by molar-refractivity contribution is 6.04. The van der Waals surface area contributed by atoms with Gasteiger partial charge in [0.2, 0.25) is 0 Å². The van der Waals surface area contributed by atoms with Crippen LogP contribution in [0.5, 0.6) is 0 Å². The Labute approximate surface area is 121 Å². The third kappa shape index (κ3) is 2.92. The number of benzene rings is 2. The molecule has 0 spiro atoms. The normalized spacial score (nSPS) is 13.6. The Kier molecular flexibility index (Phi) is 3.66. The lowest BCUT2D eigenvalue weighted by Crippen LogP contribution is -2.25. The molecule has 1 aliphatic heterocycles. The number of amides is 1.